The molecule has 0 saturated heterocycles. The minimum absolute atomic E-state index is 0. The molecule has 4 aromatic rings. The van der Waals surface area contributed by atoms with Crippen molar-refractivity contribution >= 4 is 27.3 Å². The molecule has 0 fully saturated rings. The van der Waals surface area contributed by atoms with Crippen LogP contribution in [0.3, 0.4) is 0 Å². The zero-order valence-corrected chi connectivity index (χ0v) is 31.9. The van der Waals surface area contributed by atoms with Gasteiger partial charge in [0.2, 0.25) is 0 Å². The van der Waals surface area contributed by atoms with Gasteiger partial charge in [-0.3, -0.25) is 9.78 Å². The molecular weight excluding hydrogens is 743 g/mol. The Morgan fingerprint density at radius 1 is 0.957 bits per heavy atom. The average Bonchev–Trinajstić information content (AvgIpc) is 3.00. The molecule has 0 atom stereocenters. The number of ketones is 1. The van der Waals surface area contributed by atoms with Gasteiger partial charge in [0, 0.05) is 49.9 Å². The van der Waals surface area contributed by atoms with Gasteiger partial charge in [-0.25, -0.2) is 0 Å². The summed E-state index contributed by atoms with van der Waals surface area (Å²) in [4.78, 5) is 16.6. The number of carbonyl (C=O) groups is 1. The molecule has 1 aliphatic rings. The Balaban J connectivity index is 0.000000309. The van der Waals surface area contributed by atoms with Crippen LogP contribution in [0.2, 0.25) is 0 Å². The Kier molecular flexibility index (Phi) is 13.0. The van der Waals surface area contributed by atoms with E-state index in [9.17, 15) is 9.90 Å². The smallest absolute Gasteiger partial charge is 0.162 e. The Labute approximate surface area is 291 Å². The van der Waals surface area contributed by atoms with E-state index in [2.05, 4.69) is 89.2 Å². The van der Waals surface area contributed by atoms with E-state index in [1.807, 2.05) is 33.9 Å². The first-order valence-corrected chi connectivity index (χ1v) is 17.2. The second kappa shape index (κ2) is 15.9. The summed E-state index contributed by atoms with van der Waals surface area (Å²) in [5, 5.41) is 14.7. The van der Waals surface area contributed by atoms with Crippen LogP contribution in [0.25, 0.3) is 32.8 Å². The van der Waals surface area contributed by atoms with Crippen molar-refractivity contribution in [1.29, 1.82) is 0 Å². The molecule has 1 aliphatic carbocycles. The summed E-state index contributed by atoms with van der Waals surface area (Å²) in [5.74, 6) is 0.547. The maximum absolute atomic E-state index is 11.7. The molecule has 3 nitrogen and oxygen atoms in total. The number of pyridine rings is 1. The van der Waals surface area contributed by atoms with Crippen LogP contribution in [-0.4, -0.2) is 15.9 Å². The average molecular weight is 797 g/mol. The van der Waals surface area contributed by atoms with Crippen LogP contribution in [-0.2, 0) is 42.2 Å². The quantitative estimate of drug-likeness (QED) is 0.110. The molecule has 0 spiro atoms. The first-order valence-electron chi connectivity index (χ1n) is 17.2. The number of aryl methyl sites for hydroxylation is 1. The maximum Gasteiger partial charge on any atom is 0.162 e. The molecule has 0 aliphatic heterocycles. The molecule has 0 bridgehead atoms. The van der Waals surface area contributed by atoms with Gasteiger partial charge >= 0.3 is 0 Å². The topological polar surface area (TPSA) is 50.2 Å². The SMILES string of the molecule is CC(C)(C)c1cc(-c2nccc3cc4c(cc23)C(C)(C)CCC4)[c-]c2ccccc12.CCC(CC)C(=O)/C=C(\O)C(CC)CC.[Ir]. The van der Waals surface area contributed by atoms with E-state index in [4.69, 9.17) is 4.98 Å². The van der Waals surface area contributed by atoms with Gasteiger partial charge in [-0.1, -0.05) is 104 Å². The first kappa shape index (κ1) is 37.6. The van der Waals surface area contributed by atoms with Crippen molar-refractivity contribution in [3.63, 3.8) is 0 Å². The number of aliphatic hydroxyl groups is 1. The number of benzene rings is 3. The third kappa shape index (κ3) is 8.36. The Bertz CT molecular complexity index is 1670. The Hall–Kier alpha value is -2.81. The van der Waals surface area contributed by atoms with E-state index in [-0.39, 0.29) is 54.3 Å². The van der Waals surface area contributed by atoms with E-state index in [1.165, 1.54) is 58.2 Å². The minimum atomic E-state index is 0. The summed E-state index contributed by atoms with van der Waals surface area (Å²) < 4.78 is 0. The molecule has 5 rings (SSSR count). The number of allylic oxidation sites excluding steroid dienone is 2. The predicted octanol–water partition coefficient (Wildman–Crippen LogP) is 11.6. The van der Waals surface area contributed by atoms with E-state index >= 15 is 0 Å². The molecule has 3 aromatic carbocycles. The van der Waals surface area contributed by atoms with Crippen LogP contribution < -0.4 is 0 Å². The fourth-order valence-corrected chi connectivity index (χ4v) is 6.93. The zero-order valence-electron chi connectivity index (χ0n) is 29.5. The van der Waals surface area contributed by atoms with Gasteiger partial charge in [0.15, 0.2) is 5.78 Å². The Morgan fingerprint density at radius 3 is 2.24 bits per heavy atom. The van der Waals surface area contributed by atoms with E-state index in [1.54, 1.807) is 0 Å². The largest absolute Gasteiger partial charge is 0.512 e. The molecule has 46 heavy (non-hydrogen) atoms. The second-order valence-corrected chi connectivity index (χ2v) is 14.5. The number of carbonyl (C=O) groups excluding carboxylic acids is 1. The summed E-state index contributed by atoms with van der Waals surface area (Å²) in [6.45, 7) is 19.7. The Morgan fingerprint density at radius 2 is 1.61 bits per heavy atom. The number of aromatic nitrogens is 1. The minimum Gasteiger partial charge on any atom is -0.512 e. The van der Waals surface area contributed by atoms with Crippen molar-refractivity contribution in [3.05, 3.63) is 89.3 Å². The molecule has 0 saturated carbocycles. The van der Waals surface area contributed by atoms with E-state index in [0.717, 1.165) is 42.3 Å². The molecule has 0 amide bonds. The van der Waals surface area contributed by atoms with Crippen LogP contribution in [0.4, 0.5) is 0 Å². The van der Waals surface area contributed by atoms with Crippen molar-refractivity contribution in [3.8, 4) is 11.3 Å². The first-order chi connectivity index (χ1) is 21.3. The number of nitrogens with zero attached hydrogens (tertiary/aromatic N) is 1. The zero-order chi connectivity index (χ0) is 32.9. The fourth-order valence-electron chi connectivity index (χ4n) is 6.93. The third-order valence-electron chi connectivity index (χ3n) is 9.89. The van der Waals surface area contributed by atoms with Gasteiger partial charge < -0.3 is 5.11 Å². The van der Waals surface area contributed by atoms with Crippen molar-refractivity contribution < 1.29 is 30.0 Å². The molecule has 4 heteroatoms. The normalized spacial score (nSPS) is 14.5. The van der Waals surface area contributed by atoms with Gasteiger partial charge in [-0.15, -0.1) is 29.1 Å². The molecule has 0 unspecified atom stereocenters. The fraction of sp³-hybridized carbons (Fsp3) is 0.476. The summed E-state index contributed by atoms with van der Waals surface area (Å²) in [7, 11) is 0. The number of hydrogen-bond acceptors (Lipinski definition) is 3. The van der Waals surface area contributed by atoms with Crippen LogP contribution in [0.5, 0.6) is 0 Å². The molecule has 249 valence electrons. The van der Waals surface area contributed by atoms with Gasteiger partial charge in [0.25, 0.3) is 0 Å². The monoisotopic (exact) mass is 797 g/mol. The third-order valence-corrected chi connectivity index (χ3v) is 9.89. The van der Waals surface area contributed by atoms with E-state index < -0.39 is 0 Å². The van der Waals surface area contributed by atoms with Gasteiger partial charge in [-0.05, 0) is 83.7 Å². The van der Waals surface area contributed by atoms with Crippen LogP contribution in [0.15, 0.2) is 66.6 Å². The molecular formula is C42H54IrNO2-. The van der Waals surface area contributed by atoms with Crippen LogP contribution >= 0.6 is 0 Å². The second-order valence-electron chi connectivity index (χ2n) is 14.5. The standard InChI is InChI=1S/C29H30N.C13H24O2.Ir/c1-28(2,3)26-17-22(16-19-9-6-7-11-23(19)26)27-24-18-25-21(10-8-13-29(25,4)5)15-20(24)12-14-30-27;1-5-10(6-2)12(14)9-13(15)11(7-3)8-4;/h6-7,9,11-12,14-15,17-18H,8,10,13H2,1-5H3;9-11,14H,5-8H2,1-4H3;/q-1;;/b;12-9-;. The van der Waals surface area contributed by atoms with Gasteiger partial charge in [0.05, 0.1) is 5.76 Å². The van der Waals surface area contributed by atoms with E-state index in [0.29, 0.717) is 0 Å². The number of hydrogen-bond donors (Lipinski definition) is 1. The summed E-state index contributed by atoms with van der Waals surface area (Å²) >= 11 is 0. The van der Waals surface area contributed by atoms with Crippen molar-refractivity contribution in [1.82, 2.24) is 4.98 Å². The summed E-state index contributed by atoms with van der Waals surface area (Å²) in [6.07, 6.45) is 10.6. The number of fused-ring (bicyclic) bond motifs is 3. The summed E-state index contributed by atoms with van der Waals surface area (Å²) in [5.41, 5.74) is 6.77. The van der Waals surface area contributed by atoms with Crippen molar-refractivity contribution in [2.75, 3.05) is 0 Å². The van der Waals surface area contributed by atoms with Crippen molar-refractivity contribution in [2.24, 2.45) is 11.8 Å². The number of aliphatic hydroxyl groups excluding tert-OH is 1. The molecule has 1 N–H and O–H groups in total. The predicted molar refractivity (Wildman–Crippen MR) is 192 cm³/mol. The van der Waals surface area contributed by atoms with Crippen LogP contribution in [0.1, 0.15) is 118 Å². The van der Waals surface area contributed by atoms with Gasteiger partial charge in [-0.2, -0.15) is 0 Å². The molecule has 1 aromatic heterocycles. The number of rotatable bonds is 8. The van der Waals surface area contributed by atoms with Crippen LogP contribution in [0, 0.1) is 17.9 Å². The molecule has 1 heterocycles. The maximum atomic E-state index is 11.7. The summed E-state index contributed by atoms with van der Waals surface area (Å²) in [6, 6.07) is 21.6. The van der Waals surface area contributed by atoms with Gasteiger partial charge in [0.1, 0.15) is 0 Å². The van der Waals surface area contributed by atoms with Crippen molar-refractivity contribution in [2.45, 2.75) is 118 Å². The molecule has 1 radical (unpaired) electrons.